The average Bonchev–Trinajstić information content (AvgIpc) is 3.40. The first-order valence-corrected chi connectivity index (χ1v) is 14.4. The van der Waals surface area contributed by atoms with Crippen LogP contribution in [0.4, 0.5) is 13.2 Å². The maximum atomic E-state index is 14.0. The van der Waals surface area contributed by atoms with E-state index in [2.05, 4.69) is 10.6 Å². The SMILES string of the molecule is CCOC(=O)[C@H](NC1C=CC(CNC(=O)[C@@H]2SCCN2C(=O)C[C@H](N)Cc2cc(F)c(F)cc2F)=CC1)C(C)C. The molecule has 4 N–H and O–H groups in total. The summed E-state index contributed by atoms with van der Waals surface area (Å²) in [5.41, 5.74) is 6.80. The molecule has 0 aromatic heterocycles. The van der Waals surface area contributed by atoms with Crippen LogP contribution in [0.15, 0.2) is 35.9 Å². The highest BCUT2D eigenvalue weighted by atomic mass is 32.2. The van der Waals surface area contributed by atoms with E-state index in [1.54, 1.807) is 6.92 Å². The lowest BCUT2D eigenvalue weighted by Gasteiger charge is -2.27. The monoisotopic (exact) mass is 582 g/mol. The van der Waals surface area contributed by atoms with E-state index in [0.717, 1.165) is 11.6 Å². The Morgan fingerprint density at radius 1 is 1.18 bits per heavy atom. The van der Waals surface area contributed by atoms with Gasteiger partial charge in [-0.3, -0.25) is 19.7 Å². The van der Waals surface area contributed by atoms with Crippen molar-refractivity contribution >= 4 is 29.5 Å². The molecule has 0 spiro atoms. The van der Waals surface area contributed by atoms with Gasteiger partial charge in [0.1, 0.15) is 11.9 Å². The number of rotatable bonds is 12. The number of halogens is 3. The van der Waals surface area contributed by atoms with Crippen molar-refractivity contribution in [3.8, 4) is 0 Å². The number of nitrogens with zero attached hydrogens (tertiary/aromatic N) is 1. The fraction of sp³-hybridized carbons (Fsp3) is 0.536. The number of thioether (sulfide) groups is 1. The fourth-order valence-corrected chi connectivity index (χ4v) is 5.71. The minimum Gasteiger partial charge on any atom is -0.465 e. The van der Waals surface area contributed by atoms with Gasteiger partial charge in [0.25, 0.3) is 5.91 Å². The predicted octanol–water partition coefficient (Wildman–Crippen LogP) is 2.81. The third-order valence-corrected chi connectivity index (χ3v) is 7.89. The highest BCUT2D eigenvalue weighted by Gasteiger charge is 2.35. The smallest absolute Gasteiger partial charge is 0.323 e. The molecule has 8 nitrogen and oxygen atoms in total. The van der Waals surface area contributed by atoms with Crippen molar-refractivity contribution < 1.29 is 32.3 Å². The zero-order valence-electron chi connectivity index (χ0n) is 22.9. The summed E-state index contributed by atoms with van der Waals surface area (Å²) in [4.78, 5) is 39.5. The lowest BCUT2D eigenvalue weighted by Crippen LogP contribution is -2.47. The number of hydrogen-bond acceptors (Lipinski definition) is 7. The number of carbonyl (C=O) groups excluding carboxylic acids is 3. The number of ether oxygens (including phenoxy) is 1. The molecule has 1 aliphatic heterocycles. The molecule has 0 radical (unpaired) electrons. The second kappa shape index (κ2) is 14.7. The van der Waals surface area contributed by atoms with Crippen molar-refractivity contribution in [2.75, 3.05) is 25.4 Å². The van der Waals surface area contributed by atoms with E-state index in [-0.39, 0.29) is 54.7 Å². The standard InChI is InChI=1S/C28H37F3N4O4S/c1-4-39-28(38)25(16(2)3)34-20-7-5-17(6-8-20)15-33-26(37)27-35(9-10-40-27)24(36)13-19(32)11-18-12-22(30)23(31)14-21(18)29/h5-7,12,14,16,19-20,25,27,34H,4,8-11,13,15,32H2,1-3H3,(H,33,37)/t19-,20?,25-,27+/m1/s1. The van der Waals surface area contributed by atoms with Crippen LogP contribution in [0.3, 0.4) is 0 Å². The van der Waals surface area contributed by atoms with Crippen molar-refractivity contribution in [1.29, 1.82) is 0 Å². The third kappa shape index (κ3) is 8.58. The molecule has 0 saturated carbocycles. The number of amides is 2. The third-order valence-electron chi connectivity index (χ3n) is 6.69. The number of benzene rings is 1. The molecule has 1 heterocycles. The molecule has 1 fully saturated rings. The first-order valence-electron chi connectivity index (χ1n) is 13.4. The van der Waals surface area contributed by atoms with Crippen LogP contribution >= 0.6 is 11.8 Å². The van der Waals surface area contributed by atoms with E-state index in [9.17, 15) is 27.6 Å². The Kier molecular flexibility index (Phi) is 11.6. The molecule has 220 valence electrons. The summed E-state index contributed by atoms with van der Waals surface area (Å²) < 4.78 is 45.8. The summed E-state index contributed by atoms with van der Waals surface area (Å²) in [6.07, 6.45) is 6.15. The van der Waals surface area contributed by atoms with Crippen molar-refractivity contribution in [3.05, 3.63) is 58.9 Å². The van der Waals surface area contributed by atoms with Gasteiger partial charge in [0.15, 0.2) is 17.0 Å². The summed E-state index contributed by atoms with van der Waals surface area (Å²) in [6.45, 7) is 6.64. The molecule has 3 rings (SSSR count). The summed E-state index contributed by atoms with van der Waals surface area (Å²) in [7, 11) is 0. The zero-order chi connectivity index (χ0) is 29.4. The molecule has 1 unspecified atom stereocenters. The van der Waals surface area contributed by atoms with Gasteiger partial charge in [-0.15, -0.1) is 11.8 Å². The molecule has 1 saturated heterocycles. The van der Waals surface area contributed by atoms with Crippen LogP contribution in [-0.2, 0) is 25.5 Å². The summed E-state index contributed by atoms with van der Waals surface area (Å²) in [6, 6.07) is -0.0996. The van der Waals surface area contributed by atoms with Crippen LogP contribution in [0.2, 0.25) is 0 Å². The predicted molar refractivity (Wildman–Crippen MR) is 148 cm³/mol. The number of hydrogen-bond donors (Lipinski definition) is 3. The normalized spacial score (nSPS) is 20.3. The van der Waals surface area contributed by atoms with E-state index >= 15 is 0 Å². The summed E-state index contributed by atoms with van der Waals surface area (Å²) in [5, 5.41) is 5.47. The van der Waals surface area contributed by atoms with E-state index in [1.807, 2.05) is 32.1 Å². The van der Waals surface area contributed by atoms with Gasteiger partial charge in [0.05, 0.1) is 6.61 Å². The van der Waals surface area contributed by atoms with Crippen LogP contribution in [0.25, 0.3) is 0 Å². The molecule has 2 amide bonds. The number of carbonyl (C=O) groups is 3. The number of nitrogens with one attached hydrogen (secondary N) is 2. The summed E-state index contributed by atoms with van der Waals surface area (Å²) >= 11 is 1.34. The zero-order valence-corrected chi connectivity index (χ0v) is 23.7. The van der Waals surface area contributed by atoms with Crippen LogP contribution in [0, 0.1) is 23.4 Å². The number of esters is 1. The molecule has 1 aliphatic carbocycles. The van der Waals surface area contributed by atoms with E-state index in [4.69, 9.17) is 10.5 Å². The molecule has 4 atom stereocenters. The molecule has 1 aromatic rings. The van der Waals surface area contributed by atoms with Gasteiger partial charge >= 0.3 is 5.97 Å². The van der Waals surface area contributed by atoms with Gasteiger partial charge in [0.2, 0.25) is 5.91 Å². The van der Waals surface area contributed by atoms with Crippen LogP contribution < -0.4 is 16.4 Å². The molecular formula is C28H37F3N4O4S. The Bertz CT molecular complexity index is 1150. The minimum atomic E-state index is -1.29. The topological polar surface area (TPSA) is 114 Å². The lowest BCUT2D eigenvalue weighted by molar-refractivity contribution is -0.147. The minimum absolute atomic E-state index is 0.0427. The Morgan fingerprint density at radius 2 is 1.90 bits per heavy atom. The van der Waals surface area contributed by atoms with Crippen molar-refractivity contribution in [2.45, 2.75) is 63.5 Å². The fourth-order valence-electron chi connectivity index (χ4n) is 4.55. The van der Waals surface area contributed by atoms with Crippen molar-refractivity contribution in [1.82, 2.24) is 15.5 Å². The van der Waals surface area contributed by atoms with Gasteiger partial charge in [-0.2, -0.15) is 0 Å². The molecule has 0 bridgehead atoms. The molecule has 2 aliphatic rings. The highest BCUT2D eigenvalue weighted by Crippen LogP contribution is 2.25. The lowest BCUT2D eigenvalue weighted by atomic mass is 9.98. The van der Waals surface area contributed by atoms with Gasteiger partial charge < -0.3 is 20.7 Å². The largest absolute Gasteiger partial charge is 0.465 e. The Labute approximate surface area is 236 Å². The van der Waals surface area contributed by atoms with Gasteiger partial charge in [-0.05, 0) is 42.9 Å². The molecule has 1 aromatic carbocycles. The van der Waals surface area contributed by atoms with Gasteiger partial charge in [-0.25, -0.2) is 13.2 Å². The van der Waals surface area contributed by atoms with Gasteiger partial charge in [-0.1, -0.05) is 32.1 Å². The quantitative estimate of drug-likeness (QED) is 0.257. The van der Waals surface area contributed by atoms with Crippen LogP contribution in [0.5, 0.6) is 0 Å². The molecular weight excluding hydrogens is 545 g/mol. The van der Waals surface area contributed by atoms with E-state index < -0.39 is 34.9 Å². The van der Waals surface area contributed by atoms with E-state index in [0.29, 0.717) is 31.4 Å². The van der Waals surface area contributed by atoms with Crippen molar-refractivity contribution in [2.24, 2.45) is 11.7 Å². The Morgan fingerprint density at radius 3 is 2.55 bits per heavy atom. The van der Waals surface area contributed by atoms with Crippen LogP contribution in [0.1, 0.15) is 39.2 Å². The first kappa shape index (κ1) is 31.7. The van der Waals surface area contributed by atoms with Crippen molar-refractivity contribution in [3.63, 3.8) is 0 Å². The Hall–Kier alpha value is -2.83. The second-order valence-electron chi connectivity index (χ2n) is 10.2. The maximum absolute atomic E-state index is 14.0. The molecule has 40 heavy (non-hydrogen) atoms. The molecule has 12 heteroatoms. The highest BCUT2D eigenvalue weighted by molar-refractivity contribution is 8.00. The first-order chi connectivity index (χ1) is 19.0. The van der Waals surface area contributed by atoms with Gasteiger partial charge in [0, 0.05) is 43.4 Å². The number of nitrogens with two attached hydrogens (primary N) is 1. The average molecular weight is 583 g/mol. The van der Waals surface area contributed by atoms with E-state index in [1.165, 1.54) is 16.7 Å². The van der Waals surface area contributed by atoms with Crippen LogP contribution in [-0.4, -0.2) is 71.6 Å². The Balaban J connectivity index is 1.48. The maximum Gasteiger partial charge on any atom is 0.323 e. The summed E-state index contributed by atoms with van der Waals surface area (Å²) in [5.74, 6) is -3.73. The second-order valence-corrected chi connectivity index (χ2v) is 11.4.